The van der Waals surface area contributed by atoms with Crippen LogP contribution in [0.4, 0.5) is 4.39 Å². The standard InChI is InChI=1S/C18H20FN3O/c19-15-7-2-1-6-14(15)17-9-3-8-16(21-17)13-5-4-10-22(11-13)12-18(20)23/h1-3,6-9,13H,4-5,10-12H2,(H2,20,23)/t13-/m0/s1. The second-order valence-electron chi connectivity index (χ2n) is 5.97. The molecule has 23 heavy (non-hydrogen) atoms. The average molecular weight is 313 g/mol. The fourth-order valence-corrected chi connectivity index (χ4v) is 3.16. The maximum Gasteiger partial charge on any atom is 0.231 e. The summed E-state index contributed by atoms with van der Waals surface area (Å²) in [6, 6.07) is 12.4. The molecule has 0 unspecified atom stereocenters. The molecule has 0 radical (unpaired) electrons. The molecule has 1 amide bonds. The third-order valence-corrected chi connectivity index (χ3v) is 4.22. The van der Waals surface area contributed by atoms with Crippen molar-refractivity contribution in [2.75, 3.05) is 19.6 Å². The van der Waals surface area contributed by atoms with Crippen molar-refractivity contribution >= 4 is 5.91 Å². The molecule has 0 aliphatic carbocycles. The van der Waals surface area contributed by atoms with Gasteiger partial charge in [0.25, 0.3) is 0 Å². The minimum Gasteiger partial charge on any atom is -0.369 e. The summed E-state index contributed by atoms with van der Waals surface area (Å²) in [6.45, 7) is 1.92. The maximum absolute atomic E-state index is 14.0. The molecule has 5 heteroatoms. The number of carbonyl (C=O) groups is 1. The van der Waals surface area contributed by atoms with Crippen LogP contribution in [0.3, 0.4) is 0 Å². The van der Waals surface area contributed by atoms with Crippen molar-refractivity contribution in [3.05, 3.63) is 54.0 Å². The van der Waals surface area contributed by atoms with E-state index < -0.39 is 0 Å². The predicted octanol–water partition coefficient (Wildman–Crippen LogP) is 2.55. The third-order valence-electron chi connectivity index (χ3n) is 4.22. The molecule has 1 aliphatic heterocycles. The molecule has 1 saturated heterocycles. The molecule has 1 aliphatic rings. The first-order valence-corrected chi connectivity index (χ1v) is 7.86. The number of rotatable bonds is 4. The van der Waals surface area contributed by atoms with Crippen LogP contribution in [0.5, 0.6) is 0 Å². The van der Waals surface area contributed by atoms with Crippen LogP contribution >= 0.6 is 0 Å². The summed E-state index contributed by atoms with van der Waals surface area (Å²) in [5.74, 6) is -0.329. The second kappa shape index (κ2) is 6.87. The number of benzene rings is 1. The molecule has 2 N–H and O–H groups in total. The molecule has 120 valence electrons. The largest absolute Gasteiger partial charge is 0.369 e. The molecule has 1 aromatic heterocycles. The normalized spacial score (nSPS) is 18.7. The van der Waals surface area contributed by atoms with Gasteiger partial charge in [-0.1, -0.05) is 18.2 Å². The van der Waals surface area contributed by atoms with Crippen LogP contribution in [0.1, 0.15) is 24.5 Å². The van der Waals surface area contributed by atoms with Gasteiger partial charge in [0.15, 0.2) is 0 Å². The lowest BCUT2D eigenvalue weighted by Gasteiger charge is -2.31. The lowest BCUT2D eigenvalue weighted by molar-refractivity contribution is -0.119. The van der Waals surface area contributed by atoms with E-state index in [4.69, 9.17) is 5.73 Å². The molecule has 1 aromatic carbocycles. The number of aromatic nitrogens is 1. The summed E-state index contributed by atoms with van der Waals surface area (Å²) in [4.78, 5) is 17.8. The van der Waals surface area contributed by atoms with E-state index in [0.29, 0.717) is 11.3 Å². The summed E-state index contributed by atoms with van der Waals surface area (Å²) >= 11 is 0. The van der Waals surface area contributed by atoms with E-state index in [0.717, 1.165) is 31.6 Å². The number of halogens is 1. The maximum atomic E-state index is 14.0. The Kier molecular flexibility index (Phi) is 4.67. The van der Waals surface area contributed by atoms with Crippen LogP contribution in [-0.2, 0) is 4.79 Å². The van der Waals surface area contributed by atoms with Crippen LogP contribution in [0.15, 0.2) is 42.5 Å². The minimum absolute atomic E-state index is 0.245. The van der Waals surface area contributed by atoms with Gasteiger partial charge in [-0.05, 0) is 43.7 Å². The van der Waals surface area contributed by atoms with Gasteiger partial charge in [0, 0.05) is 23.7 Å². The second-order valence-corrected chi connectivity index (χ2v) is 5.97. The lowest BCUT2D eigenvalue weighted by Crippen LogP contribution is -2.40. The molecule has 2 aromatic rings. The van der Waals surface area contributed by atoms with Gasteiger partial charge in [-0.25, -0.2) is 4.39 Å². The molecule has 0 bridgehead atoms. The molecule has 2 heterocycles. The average Bonchev–Trinajstić information content (AvgIpc) is 2.55. The zero-order chi connectivity index (χ0) is 16.2. The van der Waals surface area contributed by atoms with Crippen LogP contribution in [0.25, 0.3) is 11.3 Å². The monoisotopic (exact) mass is 313 g/mol. The van der Waals surface area contributed by atoms with Crippen molar-refractivity contribution in [3.8, 4) is 11.3 Å². The Labute approximate surface area is 135 Å². The number of likely N-dealkylation sites (tertiary alicyclic amines) is 1. The van der Waals surface area contributed by atoms with Crippen molar-refractivity contribution in [1.82, 2.24) is 9.88 Å². The quantitative estimate of drug-likeness (QED) is 0.943. The highest BCUT2D eigenvalue weighted by atomic mass is 19.1. The van der Waals surface area contributed by atoms with Crippen LogP contribution in [0, 0.1) is 5.82 Å². The van der Waals surface area contributed by atoms with Gasteiger partial charge in [0.05, 0.1) is 12.2 Å². The Morgan fingerprint density at radius 1 is 1.26 bits per heavy atom. The number of primary amides is 1. The van der Waals surface area contributed by atoms with Crippen molar-refractivity contribution in [3.63, 3.8) is 0 Å². The fraction of sp³-hybridized carbons (Fsp3) is 0.333. The first kappa shape index (κ1) is 15.6. The van der Waals surface area contributed by atoms with Crippen LogP contribution in [0.2, 0.25) is 0 Å². The summed E-state index contributed by atoms with van der Waals surface area (Å²) < 4.78 is 14.0. The number of carbonyl (C=O) groups excluding carboxylic acids is 1. The van der Waals surface area contributed by atoms with Gasteiger partial charge >= 0.3 is 0 Å². The minimum atomic E-state index is -0.307. The van der Waals surface area contributed by atoms with E-state index in [1.807, 2.05) is 24.3 Å². The first-order valence-electron chi connectivity index (χ1n) is 7.86. The van der Waals surface area contributed by atoms with Crippen LogP contribution < -0.4 is 5.73 Å². The van der Waals surface area contributed by atoms with E-state index in [9.17, 15) is 9.18 Å². The molecule has 3 rings (SSSR count). The number of amides is 1. The smallest absolute Gasteiger partial charge is 0.231 e. The van der Waals surface area contributed by atoms with E-state index in [1.54, 1.807) is 12.1 Å². The van der Waals surface area contributed by atoms with Gasteiger partial charge < -0.3 is 5.73 Å². The highest BCUT2D eigenvalue weighted by molar-refractivity contribution is 5.75. The van der Waals surface area contributed by atoms with Gasteiger partial charge in [-0.2, -0.15) is 0 Å². The SMILES string of the molecule is NC(=O)CN1CCC[C@H](c2cccc(-c3ccccc3F)n2)C1. The molecule has 4 nitrogen and oxygen atoms in total. The highest BCUT2D eigenvalue weighted by Crippen LogP contribution is 2.28. The van der Waals surface area contributed by atoms with Crippen molar-refractivity contribution in [2.45, 2.75) is 18.8 Å². The zero-order valence-electron chi connectivity index (χ0n) is 12.9. The van der Waals surface area contributed by atoms with Gasteiger partial charge in [-0.15, -0.1) is 0 Å². The van der Waals surface area contributed by atoms with E-state index in [-0.39, 0.29) is 24.2 Å². The molecular weight excluding hydrogens is 293 g/mol. The first-order chi connectivity index (χ1) is 11.1. The van der Waals surface area contributed by atoms with Gasteiger partial charge in [0.1, 0.15) is 5.82 Å². The molecule has 1 fully saturated rings. The number of nitrogens with two attached hydrogens (primary N) is 1. The number of pyridine rings is 1. The van der Waals surface area contributed by atoms with Crippen molar-refractivity contribution in [2.24, 2.45) is 5.73 Å². The Hall–Kier alpha value is -2.27. The number of nitrogens with zero attached hydrogens (tertiary/aromatic N) is 2. The Bertz CT molecular complexity index is 704. The predicted molar refractivity (Wildman–Crippen MR) is 87.2 cm³/mol. The lowest BCUT2D eigenvalue weighted by atomic mass is 9.94. The zero-order valence-corrected chi connectivity index (χ0v) is 12.9. The van der Waals surface area contributed by atoms with Gasteiger partial charge in [-0.3, -0.25) is 14.7 Å². The van der Waals surface area contributed by atoms with E-state index in [2.05, 4.69) is 9.88 Å². The molecule has 1 atom stereocenters. The molecule has 0 spiro atoms. The Morgan fingerprint density at radius 2 is 2.09 bits per heavy atom. The third kappa shape index (κ3) is 3.74. The number of hydrogen-bond donors (Lipinski definition) is 1. The van der Waals surface area contributed by atoms with Crippen molar-refractivity contribution < 1.29 is 9.18 Å². The molecular formula is C18H20FN3O. The number of piperidine rings is 1. The Morgan fingerprint density at radius 3 is 2.87 bits per heavy atom. The summed E-state index contributed by atoms with van der Waals surface area (Å²) in [7, 11) is 0. The Balaban J connectivity index is 1.82. The summed E-state index contributed by atoms with van der Waals surface area (Å²) in [5, 5.41) is 0. The highest BCUT2D eigenvalue weighted by Gasteiger charge is 2.23. The van der Waals surface area contributed by atoms with E-state index in [1.165, 1.54) is 6.07 Å². The number of hydrogen-bond acceptors (Lipinski definition) is 3. The molecule has 0 saturated carbocycles. The summed E-state index contributed by atoms with van der Waals surface area (Å²) in [6.07, 6.45) is 2.02. The topological polar surface area (TPSA) is 59.2 Å². The van der Waals surface area contributed by atoms with Gasteiger partial charge in [0.2, 0.25) is 5.91 Å². The van der Waals surface area contributed by atoms with Crippen LogP contribution in [-0.4, -0.2) is 35.4 Å². The van der Waals surface area contributed by atoms with Crippen molar-refractivity contribution in [1.29, 1.82) is 0 Å². The van der Waals surface area contributed by atoms with E-state index >= 15 is 0 Å². The fourth-order valence-electron chi connectivity index (χ4n) is 3.16. The summed E-state index contributed by atoms with van der Waals surface area (Å²) in [5.41, 5.74) is 7.39.